The zero-order chi connectivity index (χ0) is 13.2. The van der Waals surface area contributed by atoms with Gasteiger partial charge in [-0.05, 0) is 19.1 Å². The van der Waals surface area contributed by atoms with E-state index >= 15 is 0 Å². The van der Waals surface area contributed by atoms with Crippen LogP contribution < -0.4 is 0 Å². The summed E-state index contributed by atoms with van der Waals surface area (Å²) in [5, 5.41) is 3.78. The number of aromatic nitrogens is 1. The fourth-order valence-corrected chi connectivity index (χ4v) is 2.74. The zero-order valence-corrected chi connectivity index (χ0v) is 11.0. The van der Waals surface area contributed by atoms with Crippen LogP contribution in [0.15, 0.2) is 45.8 Å². The molecular weight excluding hydrogens is 252 g/mol. The molecule has 0 aliphatic rings. The Morgan fingerprint density at radius 2 is 1.94 bits per heavy atom. The third-order valence-corrected chi connectivity index (χ3v) is 4.33. The van der Waals surface area contributed by atoms with E-state index in [9.17, 15) is 8.42 Å². The first-order valence-corrected chi connectivity index (χ1v) is 6.88. The van der Waals surface area contributed by atoms with Crippen molar-refractivity contribution in [2.45, 2.75) is 18.4 Å². The number of benzene rings is 1. The van der Waals surface area contributed by atoms with Crippen molar-refractivity contribution in [3.8, 4) is 0 Å². The van der Waals surface area contributed by atoms with Crippen LogP contribution in [0.25, 0.3) is 0 Å². The highest BCUT2D eigenvalue weighted by Gasteiger charge is 2.21. The van der Waals surface area contributed by atoms with E-state index < -0.39 is 10.0 Å². The van der Waals surface area contributed by atoms with Crippen LogP contribution in [0.4, 0.5) is 0 Å². The van der Waals surface area contributed by atoms with Crippen molar-refractivity contribution in [3.63, 3.8) is 0 Å². The van der Waals surface area contributed by atoms with Crippen molar-refractivity contribution >= 4 is 10.0 Å². The van der Waals surface area contributed by atoms with Crippen LogP contribution in [0.2, 0.25) is 0 Å². The van der Waals surface area contributed by atoms with Gasteiger partial charge in [-0.1, -0.05) is 23.4 Å². The van der Waals surface area contributed by atoms with Gasteiger partial charge >= 0.3 is 0 Å². The largest absolute Gasteiger partial charge is 0.361 e. The molecule has 0 bridgehead atoms. The predicted octanol–water partition coefficient (Wildman–Crippen LogP) is 1.80. The van der Waals surface area contributed by atoms with E-state index in [4.69, 9.17) is 4.52 Å². The molecule has 0 fully saturated rings. The number of sulfonamides is 1. The average Bonchev–Trinajstić information content (AvgIpc) is 2.76. The molecule has 0 saturated carbocycles. The van der Waals surface area contributed by atoms with Gasteiger partial charge in [-0.3, -0.25) is 0 Å². The lowest BCUT2D eigenvalue weighted by Crippen LogP contribution is -2.26. The Hall–Kier alpha value is -1.66. The van der Waals surface area contributed by atoms with Gasteiger partial charge < -0.3 is 4.52 Å². The topological polar surface area (TPSA) is 63.4 Å². The lowest BCUT2D eigenvalue weighted by Gasteiger charge is -2.15. The Kier molecular flexibility index (Phi) is 3.49. The smallest absolute Gasteiger partial charge is 0.243 e. The van der Waals surface area contributed by atoms with Gasteiger partial charge in [0.2, 0.25) is 10.0 Å². The van der Waals surface area contributed by atoms with Gasteiger partial charge in [0.1, 0.15) is 5.76 Å². The molecule has 0 atom stereocenters. The molecule has 0 spiro atoms. The SMILES string of the molecule is Cc1cc(CN(C)S(=O)(=O)c2ccccc2)no1. The standard InChI is InChI=1S/C12H14N2O3S/c1-10-8-11(13-17-10)9-14(2)18(15,16)12-6-4-3-5-7-12/h3-8H,9H2,1-2H3. The molecule has 0 amide bonds. The molecule has 0 N–H and O–H groups in total. The van der Waals surface area contributed by atoms with Crippen molar-refractivity contribution in [2.24, 2.45) is 0 Å². The van der Waals surface area contributed by atoms with E-state index in [0.717, 1.165) is 0 Å². The van der Waals surface area contributed by atoms with Crippen molar-refractivity contribution in [1.29, 1.82) is 0 Å². The first-order valence-electron chi connectivity index (χ1n) is 5.44. The summed E-state index contributed by atoms with van der Waals surface area (Å²) in [5.74, 6) is 0.663. The first-order chi connectivity index (χ1) is 8.50. The maximum absolute atomic E-state index is 12.2. The van der Waals surface area contributed by atoms with Gasteiger partial charge in [-0.2, -0.15) is 4.31 Å². The van der Waals surface area contributed by atoms with Crippen molar-refractivity contribution in [2.75, 3.05) is 7.05 Å². The lowest BCUT2D eigenvalue weighted by molar-refractivity contribution is 0.378. The highest BCUT2D eigenvalue weighted by Crippen LogP contribution is 2.16. The molecular formula is C12H14N2O3S. The number of hydrogen-bond donors (Lipinski definition) is 0. The number of nitrogens with zero attached hydrogens (tertiary/aromatic N) is 2. The maximum Gasteiger partial charge on any atom is 0.243 e. The molecule has 18 heavy (non-hydrogen) atoms. The summed E-state index contributed by atoms with van der Waals surface area (Å²) in [5.41, 5.74) is 0.592. The molecule has 0 aliphatic carbocycles. The minimum atomic E-state index is -3.48. The highest BCUT2D eigenvalue weighted by molar-refractivity contribution is 7.89. The molecule has 2 rings (SSSR count). The second kappa shape index (κ2) is 4.91. The van der Waals surface area contributed by atoms with Crippen LogP contribution in [0.3, 0.4) is 0 Å². The van der Waals surface area contributed by atoms with Crippen LogP contribution in [0.1, 0.15) is 11.5 Å². The summed E-state index contributed by atoms with van der Waals surface area (Å²) < 4.78 is 30.6. The van der Waals surface area contributed by atoms with E-state index in [1.54, 1.807) is 43.3 Å². The van der Waals surface area contributed by atoms with Crippen LogP contribution in [0, 0.1) is 6.92 Å². The molecule has 5 nitrogen and oxygen atoms in total. The van der Waals surface area contributed by atoms with Gasteiger partial charge in [0.05, 0.1) is 17.1 Å². The quantitative estimate of drug-likeness (QED) is 0.846. The molecule has 0 aliphatic heterocycles. The Balaban J connectivity index is 2.21. The Morgan fingerprint density at radius 1 is 1.28 bits per heavy atom. The third kappa shape index (κ3) is 2.60. The highest BCUT2D eigenvalue weighted by atomic mass is 32.2. The summed E-state index contributed by atoms with van der Waals surface area (Å²) >= 11 is 0. The predicted molar refractivity (Wildman–Crippen MR) is 66.3 cm³/mol. The fraction of sp³-hybridized carbons (Fsp3) is 0.250. The summed E-state index contributed by atoms with van der Waals surface area (Å²) in [7, 11) is -1.96. The van der Waals surface area contributed by atoms with Gasteiger partial charge in [0, 0.05) is 13.1 Å². The van der Waals surface area contributed by atoms with E-state index in [1.807, 2.05) is 0 Å². The van der Waals surface area contributed by atoms with Gasteiger partial charge in [0.15, 0.2) is 0 Å². The lowest BCUT2D eigenvalue weighted by atomic mass is 10.4. The number of rotatable bonds is 4. The van der Waals surface area contributed by atoms with Crippen LogP contribution in [-0.4, -0.2) is 24.9 Å². The molecule has 0 radical (unpaired) electrons. The van der Waals surface area contributed by atoms with Gasteiger partial charge in [0.25, 0.3) is 0 Å². The van der Waals surface area contributed by atoms with E-state index in [2.05, 4.69) is 5.16 Å². The summed E-state index contributed by atoms with van der Waals surface area (Å²) in [6.45, 7) is 1.96. The molecule has 2 aromatic rings. The summed E-state index contributed by atoms with van der Waals surface area (Å²) in [6.07, 6.45) is 0. The normalized spacial score (nSPS) is 11.9. The van der Waals surface area contributed by atoms with Gasteiger partial charge in [-0.15, -0.1) is 0 Å². The number of aryl methyl sites for hydroxylation is 1. The second-order valence-corrected chi connectivity index (χ2v) is 6.05. The first kappa shape index (κ1) is 12.8. The molecule has 1 aromatic carbocycles. The molecule has 0 saturated heterocycles. The van der Waals surface area contributed by atoms with Crippen LogP contribution >= 0.6 is 0 Å². The maximum atomic E-state index is 12.2. The van der Waals surface area contributed by atoms with Crippen molar-refractivity contribution < 1.29 is 12.9 Å². The fourth-order valence-electron chi connectivity index (χ4n) is 1.58. The molecule has 96 valence electrons. The Bertz CT molecular complexity index is 620. The number of hydrogen-bond acceptors (Lipinski definition) is 4. The monoisotopic (exact) mass is 266 g/mol. The Morgan fingerprint density at radius 3 is 2.50 bits per heavy atom. The van der Waals surface area contributed by atoms with Crippen LogP contribution in [-0.2, 0) is 16.6 Å². The molecule has 1 heterocycles. The van der Waals surface area contributed by atoms with Crippen molar-refractivity contribution in [1.82, 2.24) is 9.46 Å². The zero-order valence-electron chi connectivity index (χ0n) is 10.2. The second-order valence-electron chi connectivity index (χ2n) is 4.00. The minimum Gasteiger partial charge on any atom is -0.361 e. The molecule has 1 aromatic heterocycles. The third-order valence-electron chi connectivity index (χ3n) is 2.51. The minimum absolute atomic E-state index is 0.189. The Labute approximate surface area is 106 Å². The molecule has 0 unspecified atom stereocenters. The van der Waals surface area contributed by atoms with Gasteiger partial charge in [-0.25, -0.2) is 8.42 Å². The van der Waals surface area contributed by atoms with Crippen LogP contribution in [0.5, 0.6) is 0 Å². The van der Waals surface area contributed by atoms with Crippen molar-refractivity contribution in [3.05, 3.63) is 47.9 Å². The van der Waals surface area contributed by atoms with E-state index in [0.29, 0.717) is 11.5 Å². The average molecular weight is 266 g/mol. The summed E-state index contributed by atoms with van der Waals surface area (Å²) in [4.78, 5) is 0.271. The van der Waals surface area contributed by atoms with E-state index in [-0.39, 0.29) is 11.4 Å². The van der Waals surface area contributed by atoms with E-state index in [1.165, 1.54) is 11.4 Å². The summed E-state index contributed by atoms with van der Waals surface area (Å²) in [6, 6.07) is 10.0. The molecule has 6 heteroatoms.